The maximum atomic E-state index is 2.43. The fourth-order valence-electron chi connectivity index (χ4n) is 7.65. The summed E-state index contributed by atoms with van der Waals surface area (Å²) in [7, 11) is 0. The highest BCUT2D eigenvalue weighted by atomic mass is 32.1. The van der Waals surface area contributed by atoms with E-state index in [1.165, 1.54) is 64.2 Å². The molecule has 2 nitrogen and oxygen atoms in total. The fraction of sp³-hybridized carbons (Fsp3) is 0. The number of fused-ring (bicyclic) bond motifs is 6. The summed E-state index contributed by atoms with van der Waals surface area (Å²) in [6.07, 6.45) is 0. The molecule has 0 aliphatic heterocycles. The van der Waals surface area contributed by atoms with Crippen molar-refractivity contribution in [2.75, 3.05) is 4.90 Å². The Morgan fingerprint density at radius 2 is 0.961 bits per heavy atom. The Morgan fingerprint density at radius 3 is 1.71 bits per heavy atom. The number of benzene rings is 8. The molecule has 0 atom stereocenters. The summed E-state index contributed by atoms with van der Waals surface area (Å²) in [5, 5.41) is 5.05. The SMILES string of the molecule is c1ccc(-c2cc(-c3ccccc3)c3c4cc(N(c5ccccc5)c5ccc6sc7ccccc7c6c5)ccc4n(-c4ccccc4)c3c2)cc1. The molecule has 0 saturated carbocycles. The minimum absolute atomic E-state index is 1.12. The van der Waals surface area contributed by atoms with Crippen LogP contribution in [0.25, 0.3) is 69.9 Å². The highest BCUT2D eigenvalue weighted by molar-refractivity contribution is 7.25. The quantitative estimate of drug-likeness (QED) is 0.171. The third-order valence-electron chi connectivity index (χ3n) is 9.95. The van der Waals surface area contributed by atoms with Crippen molar-refractivity contribution in [2.24, 2.45) is 0 Å². The molecular weight excluding hydrogens is 637 g/mol. The van der Waals surface area contributed by atoms with E-state index in [1.54, 1.807) is 0 Å². The first-order valence-corrected chi connectivity index (χ1v) is 18.2. The molecule has 2 aromatic heterocycles. The van der Waals surface area contributed by atoms with E-state index >= 15 is 0 Å². The summed E-state index contributed by atoms with van der Waals surface area (Å²) in [5.41, 5.74) is 11.7. The predicted molar refractivity (Wildman–Crippen MR) is 219 cm³/mol. The fourth-order valence-corrected chi connectivity index (χ4v) is 8.74. The van der Waals surface area contributed by atoms with Gasteiger partial charge in [-0.2, -0.15) is 0 Å². The number of para-hydroxylation sites is 2. The molecular formula is C48H32N2S. The Labute approximate surface area is 300 Å². The molecule has 8 aromatic carbocycles. The van der Waals surface area contributed by atoms with Gasteiger partial charge in [0, 0.05) is 53.7 Å². The molecule has 0 saturated heterocycles. The molecule has 0 amide bonds. The molecule has 0 radical (unpaired) electrons. The summed E-state index contributed by atoms with van der Waals surface area (Å²) >= 11 is 1.86. The molecule has 0 unspecified atom stereocenters. The van der Waals surface area contributed by atoms with Crippen LogP contribution in [0.2, 0.25) is 0 Å². The highest BCUT2D eigenvalue weighted by Crippen LogP contribution is 2.45. The molecule has 0 spiro atoms. The smallest absolute Gasteiger partial charge is 0.0553 e. The van der Waals surface area contributed by atoms with Crippen molar-refractivity contribution in [3.8, 4) is 27.9 Å². The second-order valence-electron chi connectivity index (χ2n) is 13.0. The van der Waals surface area contributed by atoms with Crippen molar-refractivity contribution < 1.29 is 0 Å². The number of anilines is 3. The van der Waals surface area contributed by atoms with Crippen molar-refractivity contribution in [3.63, 3.8) is 0 Å². The summed E-state index contributed by atoms with van der Waals surface area (Å²) in [4.78, 5) is 2.40. The third-order valence-corrected chi connectivity index (χ3v) is 11.1. The number of aromatic nitrogens is 1. The lowest BCUT2D eigenvalue weighted by Gasteiger charge is -2.26. The Bertz CT molecular complexity index is 2840. The van der Waals surface area contributed by atoms with Crippen molar-refractivity contribution >= 4 is 70.4 Å². The average Bonchev–Trinajstić information content (AvgIpc) is 3.74. The van der Waals surface area contributed by atoms with Crippen molar-refractivity contribution in [3.05, 3.63) is 194 Å². The van der Waals surface area contributed by atoms with Crippen LogP contribution >= 0.6 is 11.3 Å². The van der Waals surface area contributed by atoms with Gasteiger partial charge in [-0.3, -0.25) is 0 Å². The summed E-state index contributed by atoms with van der Waals surface area (Å²) < 4.78 is 5.05. The van der Waals surface area contributed by atoms with Gasteiger partial charge >= 0.3 is 0 Å². The number of nitrogens with zero attached hydrogens (tertiary/aromatic N) is 2. The summed E-state index contributed by atoms with van der Waals surface area (Å²) in [6, 6.07) is 70.4. The van der Waals surface area contributed by atoms with Gasteiger partial charge < -0.3 is 9.47 Å². The normalized spacial score (nSPS) is 11.5. The maximum Gasteiger partial charge on any atom is 0.0553 e. The molecule has 2 heterocycles. The third kappa shape index (κ3) is 5.01. The van der Waals surface area contributed by atoms with Crippen LogP contribution in [0.4, 0.5) is 17.1 Å². The molecule has 0 aliphatic carbocycles. The van der Waals surface area contributed by atoms with Gasteiger partial charge in [0.2, 0.25) is 0 Å². The van der Waals surface area contributed by atoms with Crippen LogP contribution in [0.3, 0.4) is 0 Å². The molecule has 10 aromatic rings. The van der Waals surface area contributed by atoms with E-state index in [4.69, 9.17) is 0 Å². The van der Waals surface area contributed by atoms with Crippen LogP contribution in [0.1, 0.15) is 0 Å². The monoisotopic (exact) mass is 668 g/mol. The Kier molecular flexibility index (Phi) is 7.04. The Morgan fingerprint density at radius 1 is 0.373 bits per heavy atom. The second kappa shape index (κ2) is 12.2. The predicted octanol–water partition coefficient (Wildman–Crippen LogP) is 14.0. The van der Waals surface area contributed by atoms with E-state index < -0.39 is 0 Å². The van der Waals surface area contributed by atoms with E-state index in [0.29, 0.717) is 0 Å². The lowest BCUT2D eigenvalue weighted by Crippen LogP contribution is -2.09. The molecule has 0 aliphatic rings. The van der Waals surface area contributed by atoms with Crippen LogP contribution in [-0.2, 0) is 0 Å². The zero-order valence-electron chi connectivity index (χ0n) is 27.8. The van der Waals surface area contributed by atoms with Crippen LogP contribution in [-0.4, -0.2) is 4.57 Å². The van der Waals surface area contributed by atoms with Gasteiger partial charge in [0.05, 0.1) is 11.0 Å². The van der Waals surface area contributed by atoms with Crippen molar-refractivity contribution in [2.45, 2.75) is 0 Å². The van der Waals surface area contributed by atoms with Gasteiger partial charge in [-0.25, -0.2) is 0 Å². The topological polar surface area (TPSA) is 8.17 Å². The maximum absolute atomic E-state index is 2.43. The van der Waals surface area contributed by atoms with Gasteiger partial charge in [0.25, 0.3) is 0 Å². The van der Waals surface area contributed by atoms with Crippen LogP contribution in [0.15, 0.2) is 194 Å². The Balaban J connectivity index is 1.28. The van der Waals surface area contributed by atoms with E-state index in [-0.39, 0.29) is 0 Å². The number of hydrogen-bond donors (Lipinski definition) is 0. The number of rotatable bonds is 6. The minimum atomic E-state index is 1.12. The average molecular weight is 669 g/mol. The summed E-state index contributed by atoms with van der Waals surface area (Å²) in [6.45, 7) is 0. The van der Waals surface area contributed by atoms with E-state index in [9.17, 15) is 0 Å². The zero-order chi connectivity index (χ0) is 33.7. The minimum Gasteiger partial charge on any atom is -0.310 e. The van der Waals surface area contributed by atoms with Crippen LogP contribution < -0.4 is 4.90 Å². The first kappa shape index (κ1) is 29.5. The first-order valence-electron chi connectivity index (χ1n) is 17.4. The van der Waals surface area contributed by atoms with Gasteiger partial charge in [0.15, 0.2) is 0 Å². The van der Waals surface area contributed by atoms with Gasteiger partial charge in [-0.05, 0) is 101 Å². The molecule has 10 rings (SSSR count). The van der Waals surface area contributed by atoms with E-state index in [0.717, 1.165) is 22.7 Å². The lowest BCUT2D eigenvalue weighted by atomic mass is 9.94. The summed E-state index contributed by atoms with van der Waals surface area (Å²) in [5.74, 6) is 0. The number of hydrogen-bond acceptors (Lipinski definition) is 2. The Hall–Kier alpha value is -6.42. The molecule has 51 heavy (non-hydrogen) atoms. The molecule has 0 fully saturated rings. The van der Waals surface area contributed by atoms with Crippen LogP contribution in [0, 0.1) is 0 Å². The van der Waals surface area contributed by atoms with Gasteiger partial charge in [0.1, 0.15) is 0 Å². The highest BCUT2D eigenvalue weighted by Gasteiger charge is 2.21. The van der Waals surface area contributed by atoms with E-state index in [2.05, 4.69) is 204 Å². The number of thiophene rings is 1. The molecule has 240 valence electrons. The molecule has 3 heteroatoms. The van der Waals surface area contributed by atoms with Crippen molar-refractivity contribution in [1.82, 2.24) is 4.57 Å². The molecule has 0 bridgehead atoms. The van der Waals surface area contributed by atoms with Crippen LogP contribution in [0.5, 0.6) is 0 Å². The largest absolute Gasteiger partial charge is 0.310 e. The van der Waals surface area contributed by atoms with Gasteiger partial charge in [-0.15, -0.1) is 11.3 Å². The standard InChI is InChI=1S/C48H32N2S/c1-5-15-33(16-6-1)35-29-41(34-17-7-2-8-18-34)48-43-32-38(25-27-44(43)50(45(48)30-35)37-21-11-4-12-22-37)49(36-19-9-3-10-20-36)39-26-28-47-42(31-39)40-23-13-14-24-46(40)51-47/h1-32H. The first-order chi connectivity index (χ1) is 25.3. The molecule has 0 N–H and O–H groups in total. The zero-order valence-corrected chi connectivity index (χ0v) is 28.6. The van der Waals surface area contributed by atoms with Gasteiger partial charge in [-0.1, -0.05) is 115 Å². The lowest BCUT2D eigenvalue weighted by molar-refractivity contribution is 1.18. The second-order valence-corrected chi connectivity index (χ2v) is 14.1. The van der Waals surface area contributed by atoms with Crippen molar-refractivity contribution in [1.29, 1.82) is 0 Å². The van der Waals surface area contributed by atoms with E-state index in [1.807, 2.05) is 11.3 Å².